The number of carbonyl (C=O) groups excluding carboxylic acids is 1. The highest BCUT2D eigenvalue weighted by molar-refractivity contribution is 5.73. The predicted octanol–water partition coefficient (Wildman–Crippen LogP) is 1.63. The number of aliphatic hydroxyl groups excluding tert-OH is 1. The first kappa shape index (κ1) is 11.7. The molecular formula is C12H17NO2. The first-order valence-corrected chi connectivity index (χ1v) is 5.09. The van der Waals surface area contributed by atoms with Gasteiger partial charge in [0.05, 0.1) is 12.1 Å². The summed E-state index contributed by atoms with van der Waals surface area (Å²) in [5.41, 5.74) is 1.02. The molecule has 0 saturated heterocycles. The fraction of sp³-hybridized carbons (Fsp3) is 0.417. The van der Waals surface area contributed by atoms with Gasteiger partial charge in [-0.15, -0.1) is 0 Å². The van der Waals surface area contributed by atoms with Crippen LogP contribution in [0.3, 0.4) is 0 Å². The average molecular weight is 207 g/mol. The van der Waals surface area contributed by atoms with Crippen molar-refractivity contribution in [3.63, 3.8) is 0 Å². The maximum absolute atomic E-state index is 11.0. The standard InChI is InChI=1S/C12H17NO2/c1-9(14)8-12(13-10(2)15)11-6-4-3-5-7-11/h3-7,9,12,14H,8H2,1-2H3,(H,13,15)/t9-,12?/m1/s1. The number of hydrogen-bond donors (Lipinski definition) is 2. The molecule has 0 bridgehead atoms. The van der Waals surface area contributed by atoms with Crippen molar-refractivity contribution in [3.05, 3.63) is 35.9 Å². The van der Waals surface area contributed by atoms with Crippen LogP contribution in [-0.4, -0.2) is 17.1 Å². The van der Waals surface area contributed by atoms with Crippen LogP contribution < -0.4 is 5.32 Å². The largest absolute Gasteiger partial charge is 0.393 e. The van der Waals surface area contributed by atoms with Gasteiger partial charge in [-0.2, -0.15) is 0 Å². The molecular weight excluding hydrogens is 190 g/mol. The van der Waals surface area contributed by atoms with Gasteiger partial charge in [0, 0.05) is 6.92 Å². The van der Waals surface area contributed by atoms with E-state index in [1.807, 2.05) is 30.3 Å². The number of hydrogen-bond acceptors (Lipinski definition) is 2. The van der Waals surface area contributed by atoms with Crippen LogP contribution in [0, 0.1) is 0 Å². The Kier molecular flexibility index (Phi) is 4.31. The first-order chi connectivity index (χ1) is 7.09. The smallest absolute Gasteiger partial charge is 0.217 e. The summed E-state index contributed by atoms with van der Waals surface area (Å²) in [6.07, 6.45) is 0.103. The summed E-state index contributed by atoms with van der Waals surface area (Å²) in [5, 5.41) is 12.2. The quantitative estimate of drug-likeness (QED) is 0.788. The SMILES string of the molecule is CC(=O)NC(C[C@@H](C)O)c1ccccc1. The van der Waals surface area contributed by atoms with Crippen molar-refractivity contribution in [2.24, 2.45) is 0 Å². The van der Waals surface area contributed by atoms with E-state index in [1.54, 1.807) is 6.92 Å². The average Bonchev–Trinajstić information content (AvgIpc) is 2.17. The number of nitrogens with one attached hydrogen (secondary N) is 1. The van der Waals surface area contributed by atoms with Gasteiger partial charge in [-0.1, -0.05) is 30.3 Å². The first-order valence-electron chi connectivity index (χ1n) is 5.09. The zero-order valence-electron chi connectivity index (χ0n) is 9.10. The molecule has 2 N–H and O–H groups in total. The van der Waals surface area contributed by atoms with E-state index in [0.717, 1.165) is 5.56 Å². The topological polar surface area (TPSA) is 49.3 Å². The molecule has 0 radical (unpaired) electrons. The van der Waals surface area contributed by atoms with Crippen LogP contribution in [0.5, 0.6) is 0 Å². The molecule has 1 amide bonds. The third-order valence-electron chi connectivity index (χ3n) is 2.16. The van der Waals surface area contributed by atoms with E-state index in [9.17, 15) is 9.90 Å². The van der Waals surface area contributed by atoms with Gasteiger partial charge < -0.3 is 10.4 Å². The Morgan fingerprint density at radius 1 is 1.40 bits per heavy atom. The van der Waals surface area contributed by atoms with E-state index < -0.39 is 6.10 Å². The predicted molar refractivity (Wildman–Crippen MR) is 59.3 cm³/mol. The van der Waals surface area contributed by atoms with Crippen molar-refractivity contribution >= 4 is 5.91 Å². The Morgan fingerprint density at radius 2 is 2.00 bits per heavy atom. The molecule has 0 aromatic heterocycles. The number of benzene rings is 1. The summed E-state index contributed by atoms with van der Waals surface area (Å²) < 4.78 is 0. The second kappa shape index (κ2) is 5.51. The number of amides is 1. The minimum Gasteiger partial charge on any atom is -0.393 e. The summed E-state index contributed by atoms with van der Waals surface area (Å²) in [7, 11) is 0. The van der Waals surface area contributed by atoms with Gasteiger partial charge in [0.15, 0.2) is 0 Å². The van der Waals surface area contributed by atoms with Crippen LogP contribution in [0.2, 0.25) is 0 Å². The van der Waals surface area contributed by atoms with Crippen molar-refractivity contribution in [1.29, 1.82) is 0 Å². The van der Waals surface area contributed by atoms with Crippen molar-refractivity contribution in [2.75, 3.05) is 0 Å². The van der Waals surface area contributed by atoms with Crippen molar-refractivity contribution in [3.8, 4) is 0 Å². The normalized spacial score (nSPS) is 14.3. The summed E-state index contributed by atoms with van der Waals surface area (Å²) in [5.74, 6) is -0.0792. The zero-order chi connectivity index (χ0) is 11.3. The van der Waals surface area contributed by atoms with Crippen molar-refractivity contribution in [2.45, 2.75) is 32.4 Å². The van der Waals surface area contributed by atoms with Crippen molar-refractivity contribution in [1.82, 2.24) is 5.32 Å². The zero-order valence-corrected chi connectivity index (χ0v) is 9.10. The van der Waals surface area contributed by atoms with E-state index in [4.69, 9.17) is 0 Å². The molecule has 2 atom stereocenters. The number of aliphatic hydroxyl groups is 1. The molecule has 0 heterocycles. The molecule has 1 rings (SSSR count). The molecule has 1 aromatic rings. The molecule has 0 saturated carbocycles. The van der Waals surface area contributed by atoms with Crippen LogP contribution in [0.15, 0.2) is 30.3 Å². The van der Waals surface area contributed by atoms with Crippen LogP contribution >= 0.6 is 0 Å². The molecule has 1 aromatic carbocycles. The van der Waals surface area contributed by atoms with Crippen LogP contribution in [0.25, 0.3) is 0 Å². The third-order valence-corrected chi connectivity index (χ3v) is 2.16. The highest BCUT2D eigenvalue weighted by atomic mass is 16.3. The van der Waals surface area contributed by atoms with Gasteiger partial charge in [-0.05, 0) is 18.9 Å². The Labute approximate surface area is 90.1 Å². The van der Waals surface area contributed by atoms with E-state index in [-0.39, 0.29) is 11.9 Å². The minimum absolute atomic E-state index is 0.0792. The molecule has 0 fully saturated rings. The molecule has 0 aliphatic carbocycles. The van der Waals surface area contributed by atoms with Crippen LogP contribution in [-0.2, 0) is 4.79 Å². The maximum atomic E-state index is 11.0. The van der Waals surface area contributed by atoms with Gasteiger partial charge in [-0.25, -0.2) is 0 Å². The Bertz CT molecular complexity index is 309. The van der Waals surface area contributed by atoms with Crippen LogP contribution in [0.1, 0.15) is 31.9 Å². The lowest BCUT2D eigenvalue weighted by molar-refractivity contribution is -0.119. The molecule has 0 aliphatic heterocycles. The number of rotatable bonds is 4. The maximum Gasteiger partial charge on any atom is 0.217 e. The fourth-order valence-electron chi connectivity index (χ4n) is 1.55. The molecule has 1 unspecified atom stereocenters. The molecule has 82 valence electrons. The van der Waals surface area contributed by atoms with Gasteiger partial charge in [0.25, 0.3) is 0 Å². The summed E-state index contributed by atoms with van der Waals surface area (Å²) >= 11 is 0. The van der Waals surface area contributed by atoms with Gasteiger partial charge in [-0.3, -0.25) is 4.79 Å². The van der Waals surface area contributed by atoms with Crippen molar-refractivity contribution < 1.29 is 9.90 Å². The van der Waals surface area contributed by atoms with Gasteiger partial charge >= 0.3 is 0 Å². The molecule has 3 heteroatoms. The summed E-state index contributed by atoms with van der Waals surface area (Å²) in [6, 6.07) is 9.56. The van der Waals surface area contributed by atoms with Crippen LogP contribution in [0.4, 0.5) is 0 Å². The third kappa shape index (κ3) is 4.13. The Morgan fingerprint density at radius 3 is 2.47 bits per heavy atom. The van der Waals surface area contributed by atoms with Gasteiger partial charge in [0.1, 0.15) is 0 Å². The van der Waals surface area contributed by atoms with E-state index in [2.05, 4.69) is 5.32 Å². The lowest BCUT2D eigenvalue weighted by Crippen LogP contribution is -2.28. The number of carbonyl (C=O) groups is 1. The summed E-state index contributed by atoms with van der Waals surface area (Å²) in [6.45, 7) is 3.20. The van der Waals surface area contributed by atoms with Gasteiger partial charge in [0.2, 0.25) is 5.91 Å². The monoisotopic (exact) mass is 207 g/mol. The second-order valence-electron chi connectivity index (χ2n) is 3.75. The van der Waals surface area contributed by atoms with E-state index in [0.29, 0.717) is 6.42 Å². The molecule has 15 heavy (non-hydrogen) atoms. The van der Waals surface area contributed by atoms with E-state index in [1.165, 1.54) is 6.92 Å². The fourth-order valence-corrected chi connectivity index (χ4v) is 1.55. The Balaban J connectivity index is 2.76. The molecule has 0 aliphatic rings. The molecule has 3 nitrogen and oxygen atoms in total. The molecule has 0 spiro atoms. The van der Waals surface area contributed by atoms with E-state index >= 15 is 0 Å². The highest BCUT2D eigenvalue weighted by Gasteiger charge is 2.14. The summed E-state index contributed by atoms with van der Waals surface area (Å²) in [4.78, 5) is 11.0. The second-order valence-corrected chi connectivity index (χ2v) is 3.75. The lowest BCUT2D eigenvalue weighted by atomic mass is 10.0. The highest BCUT2D eigenvalue weighted by Crippen LogP contribution is 2.17. The Hall–Kier alpha value is -1.35. The lowest BCUT2D eigenvalue weighted by Gasteiger charge is -2.19. The minimum atomic E-state index is -0.429.